The summed E-state index contributed by atoms with van der Waals surface area (Å²) in [6, 6.07) is 14.4. The number of fused-ring (bicyclic) bond motifs is 3. The molecule has 20 heavy (non-hydrogen) atoms. The Kier molecular flexibility index (Phi) is 4.09. The van der Waals surface area contributed by atoms with Gasteiger partial charge in [0, 0.05) is 11.1 Å². The quantitative estimate of drug-likeness (QED) is 0.483. The minimum Gasteiger partial charge on any atom is -0.402 e. The molecule has 1 aliphatic rings. The van der Waals surface area contributed by atoms with E-state index < -0.39 is 18.9 Å². The van der Waals surface area contributed by atoms with Crippen molar-refractivity contribution in [1.29, 1.82) is 0 Å². The van der Waals surface area contributed by atoms with Crippen LogP contribution in [0.1, 0.15) is 20.7 Å². The van der Waals surface area contributed by atoms with Crippen LogP contribution in [-0.2, 0) is 0 Å². The molecule has 2 aromatic carbocycles. The number of carbonyl (C=O) groups is 2. The van der Waals surface area contributed by atoms with Crippen molar-refractivity contribution in [2.24, 2.45) is 0 Å². The maximum atomic E-state index is 11.8. The van der Waals surface area contributed by atoms with Crippen LogP contribution in [0, 0.1) is 0 Å². The highest BCUT2D eigenvalue weighted by Gasteiger charge is 2.29. The topological polar surface area (TPSA) is 94.8 Å². The van der Waals surface area contributed by atoms with Crippen molar-refractivity contribution in [3.63, 3.8) is 0 Å². The third-order valence-corrected chi connectivity index (χ3v) is 2.84. The van der Waals surface area contributed by atoms with Gasteiger partial charge in [-0.1, -0.05) is 48.5 Å². The van der Waals surface area contributed by atoms with Gasteiger partial charge in [0.05, 0.1) is 0 Å². The number of ketones is 2. The number of hydrogen-bond donors (Lipinski definition) is 3. The molecule has 0 saturated carbocycles. The average molecular weight is 270 g/mol. The predicted octanol–water partition coefficient (Wildman–Crippen LogP) is 0.681. The first kappa shape index (κ1) is 14.1. The second-order valence-corrected chi connectivity index (χ2v) is 4.10. The van der Waals surface area contributed by atoms with Crippen LogP contribution in [0.2, 0.25) is 0 Å². The Labute approximate surface area is 115 Å². The molecule has 0 atom stereocenters. The number of hydrogen-bond acceptors (Lipinski definition) is 5. The van der Waals surface area contributed by atoms with E-state index in [1.165, 1.54) is 0 Å². The lowest BCUT2D eigenvalue weighted by molar-refractivity contribution is 0.0815. The predicted molar refractivity (Wildman–Crippen MR) is 72.9 cm³/mol. The Morgan fingerprint density at radius 2 is 0.850 bits per heavy atom. The van der Waals surface area contributed by atoms with Gasteiger partial charge in [-0.3, -0.25) is 9.59 Å². The molecule has 6 heteroatoms. The van der Waals surface area contributed by atoms with E-state index in [-0.39, 0.29) is 0 Å². The van der Waals surface area contributed by atoms with Crippen LogP contribution >= 0.6 is 0 Å². The number of benzene rings is 2. The minimum absolute atomic E-state index is 0.408. The molecule has 100 valence electrons. The fourth-order valence-corrected chi connectivity index (χ4v) is 2.08. The van der Waals surface area contributed by atoms with Crippen molar-refractivity contribution < 1.29 is 24.7 Å². The molecule has 1 aliphatic carbocycles. The largest absolute Gasteiger partial charge is 0.631 e. The maximum Gasteiger partial charge on any atom is 0.631 e. The molecule has 0 aliphatic heterocycles. The van der Waals surface area contributed by atoms with Crippen molar-refractivity contribution in [2.45, 2.75) is 0 Å². The van der Waals surface area contributed by atoms with Gasteiger partial charge in [-0.05, 0) is 11.1 Å². The second-order valence-electron chi connectivity index (χ2n) is 4.10. The zero-order chi connectivity index (χ0) is 14.7. The van der Waals surface area contributed by atoms with Gasteiger partial charge in [0.15, 0.2) is 0 Å². The molecule has 5 nitrogen and oxygen atoms in total. The summed E-state index contributed by atoms with van der Waals surface area (Å²) in [5.41, 5.74) is 2.71. The van der Waals surface area contributed by atoms with Crippen molar-refractivity contribution in [1.82, 2.24) is 0 Å². The molecule has 0 bridgehead atoms. The molecule has 0 heterocycles. The summed E-state index contributed by atoms with van der Waals surface area (Å²) in [5, 5.41) is 21.5. The lowest BCUT2D eigenvalue weighted by Gasteiger charge is -2.16. The Balaban J connectivity index is 0.000000328. The van der Waals surface area contributed by atoms with Crippen LogP contribution < -0.4 is 0 Å². The summed E-state index contributed by atoms with van der Waals surface area (Å²) in [4.78, 5) is 23.7. The summed E-state index contributed by atoms with van der Waals surface area (Å²) in [5.74, 6) is -0.816. The van der Waals surface area contributed by atoms with Crippen LogP contribution in [0.15, 0.2) is 48.5 Å². The number of Topliss-reactive ketones (excluding diaryl/α,β-unsaturated/α-hetero) is 2. The van der Waals surface area contributed by atoms with Gasteiger partial charge < -0.3 is 15.1 Å². The smallest absolute Gasteiger partial charge is 0.402 e. The third kappa shape index (κ3) is 2.67. The first-order chi connectivity index (χ1) is 9.52. The van der Waals surface area contributed by atoms with E-state index >= 15 is 0 Å². The summed E-state index contributed by atoms with van der Waals surface area (Å²) in [6.45, 7) is 0. The van der Waals surface area contributed by atoms with Gasteiger partial charge >= 0.3 is 7.32 Å². The van der Waals surface area contributed by atoms with E-state index in [9.17, 15) is 9.59 Å². The lowest BCUT2D eigenvalue weighted by atomic mass is 9.84. The van der Waals surface area contributed by atoms with Crippen molar-refractivity contribution in [3.05, 3.63) is 59.7 Å². The Bertz CT molecular complexity index is 608. The normalized spacial score (nSPS) is 11.9. The van der Waals surface area contributed by atoms with Crippen molar-refractivity contribution >= 4 is 18.9 Å². The van der Waals surface area contributed by atoms with E-state index in [4.69, 9.17) is 15.1 Å². The summed E-state index contributed by atoms with van der Waals surface area (Å²) in [7, 11) is -2.17. The molecule has 0 aromatic heterocycles. The van der Waals surface area contributed by atoms with Crippen LogP contribution in [0.3, 0.4) is 0 Å². The molecule has 0 radical (unpaired) electrons. The standard InChI is InChI=1S/C14H8O2.BH3O3/c15-13-11-7-3-1-5-9(11)10-6-2-4-8-12(10)14(13)16;2-1(3)4/h1-8H;2-4H. The van der Waals surface area contributed by atoms with Crippen LogP contribution in [0.5, 0.6) is 0 Å². The molecule has 3 rings (SSSR count). The zero-order valence-corrected chi connectivity index (χ0v) is 10.4. The van der Waals surface area contributed by atoms with Crippen molar-refractivity contribution in [3.8, 4) is 11.1 Å². The molecular formula is C14H11BO5. The van der Waals surface area contributed by atoms with Gasteiger partial charge in [0.25, 0.3) is 0 Å². The molecule has 0 fully saturated rings. The van der Waals surface area contributed by atoms with Gasteiger partial charge in [-0.15, -0.1) is 0 Å². The molecular weight excluding hydrogens is 259 g/mol. The third-order valence-electron chi connectivity index (χ3n) is 2.84. The SMILES string of the molecule is O=C1C(=O)c2ccccc2-c2ccccc21.OB(O)O. The van der Waals surface area contributed by atoms with E-state index in [0.717, 1.165) is 11.1 Å². The first-order valence-corrected chi connectivity index (χ1v) is 5.84. The van der Waals surface area contributed by atoms with Gasteiger partial charge in [-0.2, -0.15) is 0 Å². The maximum absolute atomic E-state index is 11.8. The molecule has 2 aromatic rings. The minimum atomic E-state index is -2.17. The monoisotopic (exact) mass is 270 g/mol. The summed E-state index contributed by atoms with van der Waals surface area (Å²) < 4.78 is 0. The molecule has 0 amide bonds. The highest BCUT2D eigenvalue weighted by Crippen LogP contribution is 2.32. The number of rotatable bonds is 0. The van der Waals surface area contributed by atoms with Crippen LogP contribution in [-0.4, -0.2) is 34.0 Å². The van der Waals surface area contributed by atoms with Gasteiger partial charge in [0.2, 0.25) is 11.6 Å². The molecule has 0 spiro atoms. The Morgan fingerprint density at radius 1 is 0.600 bits per heavy atom. The van der Waals surface area contributed by atoms with E-state index in [1.54, 1.807) is 24.3 Å². The second kappa shape index (κ2) is 5.79. The van der Waals surface area contributed by atoms with Gasteiger partial charge in [0.1, 0.15) is 0 Å². The highest BCUT2D eigenvalue weighted by molar-refractivity contribution is 6.52. The zero-order valence-electron chi connectivity index (χ0n) is 10.4. The van der Waals surface area contributed by atoms with E-state index in [2.05, 4.69) is 0 Å². The van der Waals surface area contributed by atoms with Crippen molar-refractivity contribution in [2.75, 3.05) is 0 Å². The lowest BCUT2D eigenvalue weighted by Crippen LogP contribution is -2.20. The Hall–Kier alpha value is -2.28. The summed E-state index contributed by atoms with van der Waals surface area (Å²) in [6.07, 6.45) is 0. The van der Waals surface area contributed by atoms with E-state index in [1.807, 2.05) is 24.3 Å². The molecule has 3 N–H and O–H groups in total. The van der Waals surface area contributed by atoms with Crippen LogP contribution in [0.25, 0.3) is 11.1 Å². The van der Waals surface area contributed by atoms with E-state index in [0.29, 0.717) is 11.1 Å². The molecule has 0 saturated heterocycles. The fraction of sp³-hybridized carbons (Fsp3) is 0. The summed E-state index contributed by atoms with van der Waals surface area (Å²) >= 11 is 0. The number of carbonyl (C=O) groups excluding carboxylic acids is 2. The highest BCUT2D eigenvalue weighted by atomic mass is 16.5. The Morgan fingerprint density at radius 3 is 1.15 bits per heavy atom. The van der Waals surface area contributed by atoms with Gasteiger partial charge in [-0.25, -0.2) is 0 Å². The fourth-order valence-electron chi connectivity index (χ4n) is 2.08. The average Bonchev–Trinajstić information content (AvgIpc) is 2.44. The molecule has 0 unspecified atom stereocenters. The first-order valence-electron chi connectivity index (χ1n) is 5.84. The van der Waals surface area contributed by atoms with Crippen LogP contribution in [0.4, 0.5) is 0 Å².